The van der Waals surface area contributed by atoms with Crippen LogP contribution in [0, 0.1) is 6.92 Å². The first kappa shape index (κ1) is 13.6. The molecule has 1 aromatic carbocycles. The summed E-state index contributed by atoms with van der Waals surface area (Å²) in [7, 11) is 1.63. The molecule has 0 aliphatic carbocycles. The summed E-state index contributed by atoms with van der Waals surface area (Å²) >= 11 is 7.01. The van der Waals surface area contributed by atoms with Crippen molar-refractivity contribution in [3.05, 3.63) is 26.3 Å². The van der Waals surface area contributed by atoms with Gasteiger partial charge in [-0.1, -0.05) is 6.92 Å². The van der Waals surface area contributed by atoms with Gasteiger partial charge in [-0.25, -0.2) is 0 Å². The van der Waals surface area contributed by atoms with E-state index in [0.717, 1.165) is 49.0 Å². The Labute approximate surface area is 123 Å². The number of halogens is 2. The number of methoxy groups -OCH3 is 1. The molecule has 2 rings (SSSR count). The summed E-state index contributed by atoms with van der Waals surface area (Å²) in [4.78, 5) is 4.68. The molecule has 5 heteroatoms. The number of anilines is 1. The van der Waals surface area contributed by atoms with Gasteiger partial charge in [-0.2, -0.15) is 0 Å². The number of fused-ring (bicyclic) bond motifs is 1. The van der Waals surface area contributed by atoms with Gasteiger partial charge in [0.15, 0.2) is 0 Å². The van der Waals surface area contributed by atoms with Gasteiger partial charge in [0.25, 0.3) is 0 Å². The number of nitrogens with zero attached hydrogens (tertiary/aromatic N) is 1. The fraction of sp³-hybridized carbons (Fsp3) is 0.308. The number of benzene rings is 1. The van der Waals surface area contributed by atoms with Crippen LogP contribution in [-0.4, -0.2) is 12.1 Å². The van der Waals surface area contributed by atoms with Crippen LogP contribution in [0.5, 0.6) is 5.75 Å². The van der Waals surface area contributed by atoms with Gasteiger partial charge in [-0.05, 0) is 56.8 Å². The van der Waals surface area contributed by atoms with E-state index in [0.29, 0.717) is 0 Å². The summed E-state index contributed by atoms with van der Waals surface area (Å²) < 4.78 is 7.21. The van der Waals surface area contributed by atoms with Crippen molar-refractivity contribution in [1.29, 1.82) is 0 Å². The van der Waals surface area contributed by atoms with E-state index in [2.05, 4.69) is 43.8 Å². The monoisotopic (exact) mass is 372 g/mol. The largest absolute Gasteiger partial charge is 0.495 e. The van der Waals surface area contributed by atoms with E-state index in [-0.39, 0.29) is 0 Å². The van der Waals surface area contributed by atoms with Crippen LogP contribution >= 0.6 is 31.9 Å². The highest BCUT2D eigenvalue weighted by molar-refractivity contribution is 9.11. The lowest BCUT2D eigenvalue weighted by molar-refractivity contribution is 0.417. The van der Waals surface area contributed by atoms with Crippen molar-refractivity contribution in [2.24, 2.45) is 0 Å². The standard InChI is InChI=1S/C13H14Br2N2O/c1-4-9-6(2)11(16)10-12(17-9)7(14)5-8(15)13(10)18-3/h5H,4H2,1-3H3,(H2,16,17). The van der Waals surface area contributed by atoms with Gasteiger partial charge in [-0.15, -0.1) is 0 Å². The predicted molar refractivity (Wildman–Crippen MR) is 82.2 cm³/mol. The molecule has 0 saturated heterocycles. The smallest absolute Gasteiger partial charge is 0.144 e. The Morgan fingerprint density at radius 2 is 2.00 bits per heavy atom. The molecule has 0 radical (unpaired) electrons. The first-order valence-electron chi connectivity index (χ1n) is 5.61. The number of aryl methyl sites for hydroxylation is 1. The minimum atomic E-state index is 0.726. The molecule has 1 aromatic heterocycles. The Kier molecular flexibility index (Phi) is 3.82. The molecule has 1 heterocycles. The van der Waals surface area contributed by atoms with E-state index in [1.807, 2.05) is 13.0 Å². The number of pyridine rings is 1. The summed E-state index contributed by atoms with van der Waals surface area (Å²) in [6, 6.07) is 1.93. The lowest BCUT2D eigenvalue weighted by Gasteiger charge is -2.15. The van der Waals surface area contributed by atoms with E-state index in [1.54, 1.807) is 7.11 Å². The number of hydrogen-bond acceptors (Lipinski definition) is 3. The summed E-state index contributed by atoms with van der Waals surface area (Å²) in [6.07, 6.45) is 0.858. The topological polar surface area (TPSA) is 48.1 Å². The number of aromatic nitrogens is 1. The highest BCUT2D eigenvalue weighted by Crippen LogP contribution is 2.41. The van der Waals surface area contributed by atoms with Gasteiger partial charge in [-0.3, -0.25) is 4.98 Å². The number of hydrogen-bond donors (Lipinski definition) is 1. The van der Waals surface area contributed by atoms with Crippen LogP contribution in [0.25, 0.3) is 10.9 Å². The van der Waals surface area contributed by atoms with E-state index in [4.69, 9.17) is 10.5 Å². The Balaban J connectivity index is 3.00. The predicted octanol–water partition coefficient (Wildman–Crippen LogP) is 4.22. The lowest BCUT2D eigenvalue weighted by atomic mass is 10.1. The summed E-state index contributed by atoms with van der Waals surface area (Å²) in [6.45, 7) is 4.07. The molecule has 96 valence electrons. The van der Waals surface area contributed by atoms with Crippen LogP contribution in [-0.2, 0) is 6.42 Å². The first-order valence-corrected chi connectivity index (χ1v) is 7.20. The highest BCUT2D eigenvalue weighted by Gasteiger charge is 2.17. The second-order valence-electron chi connectivity index (χ2n) is 4.05. The maximum atomic E-state index is 6.25. The van der Waals surface area contributed by atoms with Crippen LogP contribution in [0.15, 0.2) is 15.0 Å². The Hall–Kier alpha value is -0.810. The molecule has 0 fully saturated rings. The molecule has 3 nitrogen and oxygen atoms in total. The fourth-order valence-electron chi connectivity index (χ4n) is 2.06. The summed E-state index contributed by atoms with van der Waals surface area (Å²) in [5.74, 6) is 0.726. The third kappa shape index (κ3) is 1.99. The zero-order valence-corrected chi connectivity index (χ0v) is 13.6. The number of ether oxygens (including phenoxy) is 1. The quantitative estimate of drug-likeness (QED) is 0.857. The third-order valence-corrected chi connectivity index (χ3v) is 4.25. The van der Waals surface area contributed by atoms with Gasteiger partial charge in [0.05, 0.1) is 22.5 Å². The van der Waals surface area contributed by atoms with Crippen LogP contribution in [0.1, 0.15) is 18.2 Å². The first-order chi connectivity index (χ1) is 8.51. The molecule has 2 N–H and O–H groups in total. The van der Waals surface area contributed by atoms with Crippen LogP contribution in [0.4, 0.5) is 5.69 Å². The second kappa shape index (κ2) is 5.05. The van der Waals surface area contributed by atoms with Crippen molar-refractivity contribution in [3.63, 3.8) is 0 Å². The maximum Gasteiger partial charge on any atom is 0.144 e. The molecule has 0 unspecified atom stereocenters. The molecule has 0 saturated carbocycles. The Morgan fingerprint density at radius 3 is 2.56 bits per heavy atom. The normalized spacial score (nSPS) is 10.9. The molecular weight excluding hydrogens is 360 g/mol. The van der Waals surface area contributed by atoms with E-state index < -0.39 is 0 Å². The maximum absolute atomic E-state index is 6.25. The minimum Gasteiger partial charge on any atom is -0.495 e. The molecule has 18 heavy (non-hydrogen) atoms. The third-order valence-electron chi connectivity index (χ3n) is 3.05. The van der Waals surface area contributed by atoms with Crippen LogP contribution in [0.2, 0.25) is 0 Å². The van der Waals surface area contributed by atoms with Crippen LogP contribution in [0.3, 0.4) is 0 Å². The van der Waals surface area contributed by atoms with Gasteiger partial charge < -0.3 is 10.5 Å². The van der Waals surface area contributed by atoms with Gasteiger partial charge in [0, 0.05) is 15.9 Å². The van der Waals surface area contributed by atoms with Crippen molar-refractivity contribution in [3.8, 4) is 5.75 Å². The molecule has 0 spiro atoms. The van der Waals surface area contributed by atoms with Crippen molar-refractivity contribution in [1.82, 2.24) is 4.98 Å². The highest BCUT2D eigenvalue weighted by atomic mass is 79.9. The zero-order chi connectivity index (χ0) is 13.4. The van der Waals surface area contributed by atoms with Gasteiger partial charge >= 0.3 is 0 Å². The van der Waals surface area contributed by atoms with E-state index in [1.165, 1.54) is 0 Å². The summed E-state index contributed by atoms with van der Waals surface area (Å²) in [5.41, 5.74) is 9.86. The molecule has 0 amide bonds. The van der Waals surface area contributed by atoms with Crippen molar-refractivity contribution < 1.29 is 4.74 Å². The Morgan fingerprint density at radius 1 is 1.33 bits per heavy atom. The second-order valence-corrected chi connectivity index (χ2v) is 5.76. The number of nitrogens with two attached hydrogens (primary N) is 1. The minimum absolute atomic E-state index is 0.726. The van der Waals surface area contributed by atoms with Crippen molar-refractivity contribution in [2.75, 3.05) is 12.8 Å². The average Bonchev–Trinajstić information content (AvgIpc) is 2.34. The van der Waals surface area contributed by atoms with E-state index >= 15 is 0 Å². The van der Waals surface area contributed by atoms with Crippen LogP contribution < -0.4 is 10.5 Å². The van der Waals surface area contributed by atoms with Crippen molar-refractivity contribution >= 4 is 48.5 Å². The molecule has 2 aromatic rings. The van der Waals surface area contributed by atoms with Gasteiger partial charge in [0.2, 0.25) is 0 Å². The number of rotatable bonds is 2. The average molecular weight is 374 g/mol. The van der Waals surface area contributed by atoms with E-state index in [9.17, 15) is 0 Å². The lowest BCUT2D eigenvalue weighted by Crippen LogP contribution is -2.02. The van der Waals surface area contributed by atoms with Gasteiger partial charge in [0.1, 0.15) is 5.75 Å². The SMILES string of the molecule is CCc1nc2c(Br)cc(Br)c(OC)c2c(N)c1C. The molecule has 0 aliphatic heterocycles. The molecular formula is C13H14Br2N2O. The molecule has 0 atom stereocenters. The summed E-state index contributed by atoms with van der Waals surface area (Å²) in [5, 5.41) is 0.855. The molecule has 0 aliphatic rings. The number of nitrogen functional groups attached to an aromatic ring is 1. The fourth-order valence-corrected chi connectivity index (χ4v) is 3.47. The Bertz CT molecular complexity index is 626. The zero-order valence-electron chi connectivity index (χ0n) is 10.5. The van der Waals surface area contributed by atoms with Crippen molar-refractivity contribution in [2.45, 2.75) is 20.3 Å². The molecule has 0 bridgehead atoms.